The minimum atomic E-state index is -0.699. The number of benzene rings is 2. The first-order valence-electron chi connectivity index (χ1n) is 8.58. The summed E-state index contributed by atoms with van der Waals surface area (Å²) in [5.74, 6) is -0.618. The van der Waals surface area contributed by atoms with Crippen molar-refractivity contribution in [2.45, 2.75) is 18.6 Å². The van der Waals surface area contributed by atoms with Crippen molar-refractivity contribution >= 4 is 17.9 Å². The number of ether oxygens (including phenoxy) is 2. The highest BCUT2D eigenvalue weighted by Crippen LogP contribution is 2.40. The van der Waals surface area contributed by atoms with Gasteiger partial charge in [-0.3, -0.25) is 4.79 Å². The highest BCUT2D eigenvalue weighted by Gasteiger charge is 2.44. The van der Waals surface area contributed by atoms with E-state index in [1.165, 1.54) is 0 Å². The maximum absolute atomic E-state index is 13.0. The minimum Gasteiger partial charge on any atom is -0.347 e. The second kappa shape index (κ2) is 6.79. The van der Waals surface area contributed by atoms with Gasteiger partial charge < -0.3 is 9.47 Å². The van der Waals surface area contributed by atoms with Gasteiger partial charge in [-0.2, -0.15) is 0 Å². The van der Waals surface area contributed by atoms with Crippen molar-refractivity contribution in [1.29, 1.82) is 0 Å². The fraction of sp³-hybridized carbons (Fsp3) is 0.227. The van der Waals surface area contributed by atoms with Crippen LogP contribution in [0, 0.1) is 0 Å². The molecule has 0 N–H and O–H groups in total. The second-order valence-electron chi connectivity index (χ2n) is 6.45. The molecule has 4 rings (SSSR count). The highest BCUT2D eigenvalue weighted by molar-refractivity contribution is 6.14. The third kappa shape index (κ3) is 3.48. The molecule has 1 aliphatic carbocycles. The average Bonchev–Trinajstić information content (AvgIpc) is 3.09. The Bertz CT molecular complexity index is 749. The van der Waals surface area contributed by atoms with Crippen molar-refractivity contribution in [1.82, 2.24) is 0 Å². The Balaban J connectivity index is 1.73. The van der Waals surface area contributed by atoms with Gasteiger partial charge in [-0.15, -0.1) is 0 Å². The molecule has 126 valence electrons. The first-order chi connectivity index (χ1) is 12.2. The summed E-state index contributed by atoms with van der Waals surface area (Å²) < 4.78 is 11.8. The van der Waals surface area contributed by atoms with Gasteiger partial charge >= 0.3 is 0 Å². The molecule has 1 saturated carbocycles. The van der Waals surface area contributed by atoms with Crippen LogP contribution >= 0.6 is 0 Å². The minimum absolute atomic E-state index is 0.0810. The Morgan fingerprint density at radius 1 is 0.720 bits per heavy atom. The molecule has 0 unspecified atom stereocenters. The Morgan fingerprint density at radius 2 is 1.16 bits per heavy atom. The zero-order valence-electron chi connectivity index (χ0n) is 14.0. The number of hydrogen-bond acceptors (Lipinski definition) is 3. The van der Waals surface area contributed by atoms with Crippen LogP contribution in [-0.4, -0.2) is 24.8 Å². The van der Waals surface area contributed by atoms with Crippen LogP contribution in [0.3, 0.4) is 0 Å². The molecule has 0 amide bonds. The van der Waals surface area contributed by atoms with E-state index in [0.717, 1.165) is 22.3 Å². The van der Waals surface area contributed by atoms with Crippen LogP contribution < -0.4 is 0 Å². The maximum Gasteiger partial charge on any atom is 0.185 e. The van der Waals surface area contributed by atoms with Crippen molar-refractivity contribution in [3.8, 4) is 0 Å². The van der Waals surface area contributed by atoms with E-state index in [2.05, 4.69) is 0 Å². The molecule has 0 bridgehead atoms. The molecule has 0 atom stereocenters. The summed E-state index contributed by atoms with van der Waals surface area (Å²) >= 11 is 0. The van der Waals surface area contributed by atoms with E-state index in [9.17, 15) is 4.79 Å². The third-order valence-electron chi connectivity index (χ3n) is 4.60. The van der Waals surface area contributed by atoms with Crippen molar-refractivity contribution in [2.75, 3.05) is 13.2 Å². The molecule has 2 aliphatic rings. The Morgan fingerprint density at radius 3 is 1.60 bits per heavy atom. The summed E-state index contributed by atoms with van der Waals surface area (Å²) in [6, 6.07) is 19.8. The molecule has 0 aromatic heterocycles. The van der Waals surface area contributed by atoms with Gasteiger partial charge in [0.15, 0.2) is 11.6 Å². The van der Waals surface area contributed by atoms with E-state index >= 15 is 0 Å². The number of carbonyl (C=O) groups excluding carboxylic acids is 1. The van der Waals surface area contributed by atoms with Crippen molar-refractivity contribution in [3.05, 3.63) is 82.9 Å². The lowest BCUT2D eigenvalue weighted by Gasteiger charge is -2.33. The molecule has 0 radical (unpaired) electrons. The molecule has 25 heavy (non-hydrogen) atoms. The van der Waals surface area contributed by atoms with E-state index in [0.29, 0.717) is 26.1 Å². The second-order valence-corrected chi connectivity index (χ2v) is 6.45. The number of ketones is 1. The van der Waals surface area contributed by atoms with Gasteiger partial charge in [0.1, 0.15) is 0 Å². The van der Waals surface area contributed by atoms with Gasteiger partial charge in [0.25, 0.3) is 0 Å². The van der Waals surface area contributed by atoms with Crippen LogP contribution in [0.2, 0.25) is 0 Å². The van der Waals surface area contributed by atoms with E-state index < -0.39 is 5.79 Å². The number of rotatable bonds is 2. The Kier molecular flexibility index (Phi) is 4.35. The van der Waals surface area contributed by atoms with Crippen LogP contribution in [0.1, 0.15) is 24.0 Å². The zero-order valence-corrected chi connectivity index (χ0v) is 14.0. The lowest BCUT2D eigenvalue weighted by Crippen LogP contribution is -2.38. The number of Topliss-reactive ketones (excluding diaryl/α,β-unsaturated/α-hetero) is 1. The Hall–Kier alpha value is -2.49. The molecular formula is C22H20O3. The van der Waals surface area contributed by atoms with Crippen molar-refractivity contribution in [3.63, 3.8) is 0 Å². The zero-order chi connectivity index (χ0) is 17.1. The van der Waals surface area contributed by atoms with Crippen molar-refractivity contribution < 1.29 is 14.3 Å². The summed E-state index contributed by atoms with van der Waals surface area (Å²) in [5, 5.41) is 0. The lowest BCUT2D eigenvalue weighted by molar-refractivity contribution is -0.161. The average molecular weight is 332 g/mol. The van der Waals surface area contributed by atoms with Crippen LogP contribution in [0.5, 0.6) is 0 Å². The van der Waals surface area contributed by atoms with Crippen LogP contribution in [-0.2, 0) is 14.3 Å². The van der Waals surface area contributed by atoms with Crippen LogP contribution in [0.25, 0.3) is 12.2 Å². The molecule has 3 heteroatoms. The molecule has 1 saturated heterocycles. The van der Waals surface area contributed by atoms with Gasteiger partial charge in [0.2, 0.25) is 0 Å². The molecular weight excluding hydrogens is 312 g/mol. The molecule has 1 spiro atoms. The van der Waals surface area contributed by atoms with Gasteiger partial charge in [-0.05, 0) is 23.3 Å². The molecule has 2 aromatic rings. The monoisotopic (exact) mass is 332 g/mol. The molecule has 2 fully saturated rings. The van der Waals surface area contributed by atoms with Crippen LogP contribution in [0.15, 0.2) is 71.8 Å². The summed E-state index contributed by atoms with van der Waals surface area (Å²) in [5.41, 5.74) is 3.50. The maximum atomic E-state index is 13.0. The fourth-order valence-corrected chi connectivity index (χ4v) is 3.44. The molecule has 3 nitrogen and oxygen atoms in total. The summed E-state index contributed by atoms with van der Waals surface area (Å²) in [6.07, 6.45) is 4.89. The van der Waals surface area contributed by atoms with Gasteiger partial charge in [-0.1, -0.05) is 60.7 Å². The smallest absolute Gasteiger partial charge is 0.185 e. The highest BCUT2D eigenvalue weighted by atomic mass is 16.7. The summed E-state index contributed by atoms with van der Waals surface area (Å²) in [7, 11) is 0. The topological polar surface area (TPSA) is 35.5 Å². The molecule has 1 heterocycles. The van der Waals surface area contributed by atoms with Crippen LogP contribution in [0.4, 0.5) is 0 Å². The lowest BCUT2D eigenvalue weighted by atomic mass is 9.82. The van der Waals surface area contributed by atoms with Gasteiger partial charge in [0, 0.05) is 24.0 Å². The summed E-state index contributed by atoms with van der Waals surface area (Å²) in [4.78, 5) is 13.0. The first-order valence-corrected chi connectivity index (χ1v) is 8.58. The SMILES string of the molecule is O=C1C(=Cc2ccccc2)CC2(CC1=Cc1ccccc1)OCCO2. The predicted molar refractivity (Wildman–Crippen MR) is 97.7 cm³/mol. The normalized spacial score (nSPS) is 22.8. The van der Waals surface area contributed by atoms with E-state index in [4.69, 9.17) is 9.47 Å². The van der Waals surface area contributed by atoms with Gasteiger partial charge in [-0.25, -0.2) is 0 Å². The predicted octanol–water partition coefficient (Wildman–Crippen LogP) is 4.26. The quantitative estimate of drug-likeness (QED) is 0.771. The Labute approximate surface area is 147 Å². The van der Waals surface area contributed by atoms with E-state index in [1.807, 2.05) is 72.8 Å². The number of carbonyl (C=O) groups is 1. The largest absolute Gasteiger partial charge is 0.347 e. The van der Waals surface area contributed by atoms with Gasteiger partial charge in [0.05, 0.1) is 13.2 Å². The van der Waals surface area contributed by atoms with E-state index in [1.54, 1.807) is 0 Å². The molecule has 2 aromatic carbocycles. The van der Waals surface area contributed by atoms with Crippen molar-refractivity contribution in [2.24, 2.45) is 0 Å². The standard InChI is InChI=1S/C22H20O3/c23-21-19(13-17-7-3-1-4-8-17)15-22(24-11-12-25-22)16-20(21)14-18-9-5-2-6-10-18/h1-10,13-14H,11-12,15-16H2. The number of hydrogen-bond donors (Lipinski definition) is 0. The first kappa shape index (κ1) is 16.0. The summed E-state index contributed by atoms with van der Waals surface area (Å²) in [6.45, 7) is 1.15. The van der Waals surface area contributed by atoms with E-state index in [-0.39, 0.29) is 5.78 Å². The fourth-order valence-electron chi connectivity index (χ4n) is 3.44. The third-order valence-corrected chi connectivity index (χ3v) is 4.60. The molecule has 1 aliphatic heterocycles.